The van der Waals surface area contributed by atoms with Crippen molar-refractivity contribution in [3.05, 3.63) is 29.8 Å². The zero-order valence-electron chi connectivity index (χ0n) is 12.4. The van der Waals surface area contributed by atoms with Crippen LogP contribution in [0.2, 0.25) is 0 Å². The Kier molecular flexibility index (Phi) is 5.99. The highest BCUT2D eigenvalue weighted by Crippen LogP contribution is 2.14. The summed E-state index contributed by atoms with van der Waals surface area (Å²) in [5.74, 6) is 0.525. The molecule has 0 saturated carbocycles. The normalized spacial score (nSPS) is 15.2. The molecule has 1 aromatic carbocycles. The molecule has 0 unspecified atom stereocenters. The highest BCUT2D eigenvalue weighted by atomic mass is 32.1. The predicted molar refractivity (Wildman–Crippen MR) is 87.7 cm³/mol. The van der Waals surface area contributed by atoms with E-state index < -0.39 is 0 Å². The second kappa shape index (κ2) is 7.98. The van der Waals surface area contributed by atoms with Crippen LogP contribution in [0.3, 0.4) is 0 Å². The fraction of sp³-hybridized carbons (Fsp3) is 0.500. The van der Waals surface area contributed by atoms with Gasteiger partial charge in [-0.25, -0.2) is 0 Å². The Morgan fingerprint density at radius 3 is 2.67 bits per heavy atom. The molecule has 1 aliphatic heterocycles. The topological polar surface area (TPSA) is 41.6 Å². The van der Waals surface area contributed by atoms with Crippen molar-refractivity contribution in [2.24, 2.45) is 0 Å². The van der Waals surface area contributed by atoms with Gasteiger partial charge in [0.05, 0.1) is 6.61 Å². The molecule has 0 aliphatic carbocycles. The SMILES string of the molecule is CCOc1cccc(C(=O)NC(=S)N2CCCCCC2)c1. The third-order valence-corrected chi connectivity index (χ3v) is 3.88. The summed E-state index contributed by atoms with van der Waals surface area (Å²) in [7, 11) is 0. The Labute approximate surface area is 131 Å². The van der Waals surface area contributed by atoms with Crippen LogP contribution < -0.4 is 10.1 Å². The van der Waals surface area contributed by atoms with E-state index in [4.69, 9.17) is 17.0 Å². The van der Waals surface area contributed by atoms with Crippen LogP contribution in [0.15, 0.2) is 24.3 Å². The van der Waals surface area contributed by atoms with Crippen molar-refractivity contribution in [2.45, 2.75) is 32.6 Å². The molecule has 1 amide bonds. The van der Waals surface area contributed by atoms with E-state index in [-0.39, 0.29) is 5.91 Å². The third-order valence-electron chi connectivity index (χ3n) is 3.52. The number of thiocarbonyl (C=S) groups is 1. The molecule has 0 bridgehead atoms. The Morgan fingerprint density at radius 2 is 2.00 bits per heavy atom. The molecule has 21 heavy (non-hydrogen) atoms. The number of hydrogen-bond donors (Lipinski definition) is 1. The molecule has 1 aliphatic rings. The first kappa shape index (κ1) is 15.8. The lowest BCUT2D eigenvalue weighted by Crippen LogP contribution is -2.43. The predicted octanol–water partition coefficient (Wildman–Crippen LogP) is 2.98. The first-order chi connectivity index (χ1) is 10.2. The number of carbonyl (C=O) groups is 1. The standard InChI is InChI=1S/C16H22N2O2S/c1-2-20-14-9-7-8-13(12-14)15(19)17-16(21)18-10-5-3-4-6-11-18/h7-9,12H,2-6,10-11H2,1H3,(H,17,19,21). The summed E-state index contributed by atoms with van der Waals surface area (Å²) in [6.45, 7) is 4.36. The van der Waals surface area contributed by atoms with Gasteiger partial charge < -0.3 is 9.64 Å². The van der Waals surface area contributed by atoms with E-state index in [1.807, 2.05) is 19.1 Å². The van der Waals surface area contributed by atoms with Gasteiger partial charge in [0.2, 0.25) is 0 Å². The number of ether oxygens (including phenoxy) is 1. The van der Waals surface area contributed by atoms with Crippen molar-refractivity contribution in [1.82, 2.24) is 10.2 Å². The number of amides is 1. The minimum atomic E-state index is -0.175. The molecular weight excluding hydrogens is 284 g/mol. The average molecular weight is 306 g/mol. The summed E-state index contributed by atoms with van der Waals surface area (Å²) in [5, 5.41) is 3.36. The van der Waals surface area contributed by atoms with Gasteiger partial charge in [-0.15, -0.1) is 0 Å². The number of benzene rings is 1. The van der Waals surface area contributed by atoms with Gasteiger partial charge in [0, 0.05) is 18.7 Å². The molecule has 4 nitrogen and oxygen atoms in total. The third kappa shape index (κ3) is 4.70. The number of nitrogens with one attached hydrogen (secondary N) is 1. The van der Waals surface area contributed by atoms with Crippen molar-refractivity contribution in [3.8, 4) is 5.75 Å². The second-order valence-corrected chi connectivity index (χ2v) is 5.51. The molecule has 0 spiro atoms. The van der Waals surface area contributed by atoms with E-state index in [1.165, 1.54) is 12.8 Å². The fourth-order valence-corrected chi connectivity index (χ4v) is 2.69. The molecule has 0 radical (unpaired) electrons. The van der Waals surface area contributed by atoms with Gasteiger partial charge >= 0.3 is 0 Å². The van der Waals surface area contributed by atoms with E-state index in [1.54, 1.807) is 12.1 Å². The van der Waals surface area contributed by atoms with Crippen molar-refractivity contribution in [3.63, 3.8) is 0 Å². The van der Waals surface area contributed by atoms with Gasteiger partial charge in [-0.05, 0) is 50.2 Å². The Morgan fingerprint density at radius 1 is 1.29 bits per heavy atom. The number of rotatable bonds is 3. The maximum atomic E-state index is 12.3. The van der Waals surface area contributed by atoms with Crippen molar-refractivity contribution >= 4 is 23.2 Å². The molecule has 1 N–H and O–H groups in total. The van der Waals surface area contributed by atoms with Gasteiger partial charge in [0.1, 0.15) is 5.75 Å². The van der Waals surface area contributed by atoms with Gasteiger partial charge in [0.25, 0.3) is 5.91 Å². The lowest BCUT2D eigenvalue weighted by molar-refractivity contribution is 0.0973. The van der Waals surface area contributed by atoms with Gasteiger partial charge in [-0.1, -0.05) is 18.9 Å². The quantitative estimate of drug-likeness (QED) is 0.872. The molecule has 0 atom stereocenters. The minimum Gasteiger partial charge on any atom is -0.494 e. The van der Waals surface area contributed by atoms with Crippen LogP contribution in [0.1, 0.15) is 43.0 Å². The van der Waals surface area contributed by atoms with Crippen molar-refractivity contribution in [1.29, 1.82) is 0 Å². The summed E-state index contributed by atoms with van der Waals surface area (Å²) >= 11 is 5.36. The zero-order valence-corrected chi connectivity index (χ0v) is 13.2. The summed E-state index contributed by atoms with van der Waals surface area (Å²) in [6.07, 6.45) is 4.75. The second-order valence-electron chi connectivity index (χ2n) is 5.12. The molecule has 1 aromatic rings. The van der Waals surface area contributed by atoms with E-state index in [2.05, 4.69) is 10.2 Å². The van der Waals surface area contributed by atoms with Gasteiger partial charge in [0.15, 0.2) is 5.11 Å². The van der Waals surface area contributed by atoms with E-state index >= 15 is 0 Å². The highest BCUT2D eigenvalue weighted by molar-refractivity contribution is 7.80. The van der Waals surface area contributed by atoms with Crippen molar-refractivity contribution in [2.75, 3.05) is 19.7 Å². The average Bonchev–Trinajstić information content (AvgIpc) is 2.77. The fourth-order valence-electron chi connectivity index (χ4n) is 2.42. The number of hydrogen-bond acceptors (Lipinski definition) is 3. The first-order valence-electron chi connectivity index (χ1n) is 7.54. The summed E-state index contributed by atoms with van der Waals surface area (Å²) in [4.78, 5) is 14.3. The largest absolute Gasteiger partial charge is 0.494 e. The maximum Gasteiger partial charge on any atom is 0.257 e. The monoisotopic (exact) mass is 306 g/mol. The molecule has 2 rings (SSSR count). The van der Waals surface area contributed by atoms with Gasteiger partial charge in [-0.3, -0.25) is 10.1 Å². The van der Waals surface area contributed by atoms with E-state index in [9.17, 15) is 4.79 Å². The number of likely N-dealkylation sites (tertiary alicyclic amines) is 1. The Hall–Kier alpha value is -1.62. The van der Waals surface area contributed by atoms with Crippen LogP contribution >= 0.6 is 12.2 Å². The number of carbonyl (C=O) groups excluding carboxylic acids is 1. The van der Waals surface area contributed by atoms with Crippen LogP contribution in [0.5, 0.6) is 5.75 Å². The molecule has 0 aromatic heterocycles. The summed E-state index contributed by atoms with van der Waals surface area (Å²) in [6, 6.07) is 7.16. The molecule has 1 fully saturated rings. The first-order valence-corrected chi connectivity index (χ1v) is 7.94. The van der Waals surface area contributed by atoms with E-state index in [0.717, 1.165) is 25.9 Å². The van der Waals surface area contributed by atoms with Crippen molar-refractivity contribution < 1.29 is 9.53 Å². The smallest absolute Gasteiger partial charge is 0.257 e. The highest BCUT2D eigenvalue weighted by Gasteiger charge is 2.15. The van der Waals surface area contributed by atoms with E-state index in [0.29, 0.717) is 23.0 Å². The Bertz CT molecular complexity index is 497. The number of nitrogens with zero attached hydrogens (tertiary/aromatic N) is 1. The summed E-state index contributed by atoms with van der Waals surface area (Å²) < 4.78 is 5.41. The molecule has 114 valence electrons. The van der Waals surface area contributed by atoms with Crippen LogP contribution in [0, 0.1) is 0 Å². The molecule has 1 saturated heterocycles. The summed E-state index contributed by atoms with van der Waals surface area (Å²) in [5.41, 5.74) is 0.568. The van der Waals surface area contributed by atoms with Crippen LogP contribution in [0.25, 0.3) is 0 Å². The molecule has 5 heteroatoms. The maximum absolute atomic E-state index is 12.3. The van der Waals surface area contributed by atoms with Crippen LogP contribution in [-0.2, 0) is 0 Å². The Balaban J connectivity index is 1.96. The van der Waals surface area contributed by atoms with Gasteiger partial charge in [-0.2, -0.15) is 0 Å². The van der Waals surface area contributed by atoms with Crippen LogP contribution in [0.4, 0.5) is 0 Å². The zero-order chi connectivity index (χ0) is 15.1. The minimum absolute atomic E-state index is 0.175. The molecule has 1 heterocycles. The molecular formula is C16H22N2O2S. The lowest BCUT2D eigenvalue weighted by Gasteiger charge is -2.23. The lowest BCUT2D eigenvalue weighted by atomic mass is 10.2. The van der Waals surface area contributed by atoms with Crippen LogP contribution in [-0.4, -0.2) is 35.6 Å².